The lowest BCUT2D eigenvalue weighted by atomic mass is 10.00. The van der Waals surface area contributed by atoms with E-state index in [4.69, 9.17) is 5.14 Å². The van der Waals surface area contributed by atoms with E-state index >= 15 is 0 Å². The van der Waals surface area contributed by atoms with Crippen molar-refractivity contribution in [1.82, 2.24) is 29.5 Å². The Labute approximate surface area is 141 Å². The van der Waals surface area contributed by atoms with Crippen molar-refractivity contribution in [2.75, 3.05) is 39.3 Å². The lowest BCUT2D eigenvalue weighted by molar-refractivity contribution is 0.0692. The van der Waals surface area contributed by atoms with Gasteiger partial charge < -0.3 is 10.2 Å². The number of piperazine rings is 1. The number of nitrogens with two attached hydrogens (primary N) is 1. The van der Waals surface area contributed by atoms with Crippen molar-refractivity contribution in [3.63, 3.8) is 0 Å². The molecule has 3 N–H and O–H groups in total. The van der Waals surface area contributed by atoms with Crippen molar-refractivity contribution < 1.29 is 13.2 Å². The maximum absolute atomic E-state index is 12.5. The van der Waals surface area contributed by atoms with Crippen molar-refractivity contribution >= 4 is 16.1 Å². The summed E-state index contributed by atoms with van der Waals surface area (Å²) in [6.45, 7) is 3.76. The standard InChI is InChI=1S/C13H23N7O3S/c14-24(22,23)20-6-4-18(5-7-20)13(21)12-10-19(17-16-12)9-11-2-1-3-15-8-11/h10-11,15H,1-9H2,(H2,14,22,23)/t11-/m0/s1. The lowest BCUT2D eigenvalue weighted by Gasteiger charge is -2.32. The summed E-state index contributed by atoms with van der Waals surface area (Å²) in [5, 5.41) is 16.5. The van der Waals surface area contributed by atoms with E-state index in [0.29, 0.717) is 24.7 Å². The number of hydrogen-bond donors (Lipinski definition) is 2. The summed E-state index contributed by atoms with van der Waals surface area (Å²) < 4.78 is 25.5. The molecule has 0 saturated carbocycles. The highest BCUT2D eigenvalue weighted by atomic mass is 32.2. The van der Waals surface area contributed by atoms with Crippen LogP contribution < -0.4 is 10.5 Å². The Morgan fingerprint density at radius 1 is 1.33 bits per heavy atom. The Morgan fingerprint density at radius 3 is 2.71 bits per heavy atom. The number of nitrogens with one attached hydrogen (secondary N) is 1. The summed E-state index contributed by atoms with van der Waals surface area (Å²) in [6.07, 6.45) is 3.97. The third-order valence-electron chi connectivity index (χ3n) is 4.49. The minimum absolute atomic E-state index is 0.201. The van der Waals surface area contributed by atoms with Crippen LogP contribution in [0.1, 0.15) is 23.3 Å². The van der Waals surface area contributed by atoms with Crippen LogP contribution in [-0.4, -0.2) is 77.8 Å². The number of carbonyl (C=O) groups excluding carboxylic acids is 1. The topological polar surface area (TPSA) is 126 Å². The van der Waals surface area contributed by atoms with Gasteiger partial charge in [0.25, 0.3) is 16.1 Å². The number of amides is 1. The Bertz CT molecular complexity index is 675. The van der Waals surface area contributed by atoms with E-state index in [1.54, 1.807) is 15.8 Å². The van der Waals surface area contributed by atoms with Crippen LogP contribution in [0.2, 0.25) is 0 Å². The van der Waals surface area contributed by atoms with Crippen molar-refractivity contribution in [3.05, 3.63) is 11.9 Å². The molecule has 0 aromatic carbocycles. The minimum atomic E-state index is -3.69. The summed E-state index contributed by atoms with van der Waals surface area (Å²) in [5.41, 5.74) is 0.294. The molecular weight excluding hydrogens is 334 g/mol. The third kappa shape index (κ3) is 4.09. The molecule has 3 rings (SSSR count). The van der Waals surface area contributed by atoms with Crippen LogP contribution in [0.15, 0.2) is 6.20 Å². The normalized spacial score (nSPS) is 23.4. The van der Waals surface area contributed by atoms with Gasteiger partial charge in [-0.2, -0.15) is 12.7 Å². The van der Waals surface area contributed by atoms with Gasteiger partial charge in [0.15, 0.2) is 5.69 Å². The van der Waals surface area contributed by atoms with Gasteiger partial charge in [-0.3, -0.25) is 9.48 Å². The number of piperidine rings is 1. The monoisotopic (exact) mass is 357 g/mol. The van der Waals surface area contributed by atoms with Gasteiger partial charge in [-0.25, -0.2) is 5.14 Å². The Balaban J connectivity index is 1.56. The Kier molecular flexibility index (Phi) is 5.13. The molecule has 2 fully saturated rings. The van der Waals surface area contributed by atoms with Crippen molar-refractivity contribution in [2.24, 2.45) is 11.1 Å². The third-order valence-corrected chi connectivity index (χ3v) is 5.57. The fourth-order valence-corrected chi connectivity index (χ4v) is 3.81. The molecule has 0 aliphatic carbocycles. The molecule has 2 aliphatic rings. The van der Waals surface area contributed by atoms with E-state index < -0.39 is 10.2 Å². The van der Waals surface area contributed by atoms with Crippen molar-refractivity contribution in [2.45, 2.75) is 19.4 Å². The largest absolute Gasteiger partial charge is 0.335 e. The zero-order valence-corrected chi connectivity index (χ0v) is 14.3. The summed E-state index contributed by atoms with van der Waals surface area (Å²) in [7, 11) is -3.69. The van der Waals surface area contributed by atoms with Gasteiger partial charge in [-0.1, -0.05) is 5.21 Å². The summed E-state index contributed by atoms with van der Waals surface area (Å²) in [5.74, 6) is 0.277. The molecule has 1 atom stereocenters. The highest BCUT2D eigenvalue weighted by Gasteiger charge is 2.28. The second kappa shape index (κ2) is 7.13. The van der Waals surface area contributed by atoms with Crippen molar-refractivity contribution in [3.8, 4) is 0 Å². The highest BCUT2D eigenvalue weighted by Crippen LogP contribution is 2.13. The van der Waals surface area contributed by atoms with Crippen LogP contribution >= 0.6 is 0 Å². The van der Waals surface area contributed by atoms with Crippen LogP contribution in [-0.2, 0) is 16.8 Å². The molecule has 2 aliphatic heterocycles. The molecule has 3 heterocycles. The first kappa shape index (κ1) is 17.3. The number of rotatable bonds is 4. The molecule has 0 radical (unpaired) electrons. The predicted molar refractivity (Wildman–Crippen MR) is 86.2 cm³/mol. The minimum Gasteiger partial charge on any atom is -0.335 e. The van der Waals surface area contributed by atoms with E-state index in [1.165, 1.54) is 4.31 Å². The fraction of sp³-hybridized carbons (Fsp3) is 0.769. The number of nitrogens with zero attached hydrogens (tertiary/aromatic N) is 5. The van der Waals surface area contributed by atoms with Gasteiger partial charge in [-0.05, 0) is 31.8 Å². The smallest absolute Gasteiger partial charge is 0.277 e. The van der Waals surface area contributed by atoms with Gasteiger partial charge in [0.05, 0.1) is 6.20 Å². The quantitative estimate of drug-likeness (QED) is 0.657. The first-order chi connectivity index (χ1) is 11.4. The highest BCUT2D eigenvalue weighted by molar-refractivity contribution is 7.86. The fourth-order valence-electron chi connectivity index (χ4n) is 3.14. The summed E-state index contributed by atoms with van der Waals surface area (Å²) >= 11 is 0. The molecule has 0 bridgehead atoms. The van der Waals surface area contributed by atoms with E-state index in [0.717, 1.165) is 32.5 Å². The van der Waals surface area contributed by atoms with Gasteiger partial charge in [0, 0.05) is 32.7 Å². The van der Waals surface area contributed by atoms with E-state index in [-0.39, 0.29) is 19.0 Å². The SMILES string of the molecule is NS(=O)(=O)N1CCN(C(=O)c2cn(C[C@H]3CCCNC3)nn2)CC1. The lowest BCUT2D eigenvalue weighted by Crippen LogP contribution is -2.52. The summed E-state index contributed by atoms with van der Waals surface area (Å²) in [4.78, 5) is 14.0. The molecule has 0 unspecified atom stereocenters. The molecule has 134 valence electrons. The first-order valence-electron chi connectivity index (χ1n) is 8.11. The zero-order valence-electron chi connectivity index (χ0n) is 13.5. The van der Waals surface area contributed by atoms with Crippen LogP contribution in [0.4, 0.5) is 0 Å². The number of aromatic nitrogens is 3. The molecule has 24 heavy (non-hydrogen) atoms. The average molecular weight is 357 g/mol. The maximum Gasteiger partial charge on any atom is 0.277 e. The Hall–Kier alpha value is -1.56. The molecule has 11 heteroatoms. The zero-order chi connectivity index (χ0) is 17.2. The van der Waals surface area contributed by atoms with Crippen LogP contribution in [0, 0.1) is 5.92 Å². The van der Waals surface area contributed by atoms with Crippen LogP contribution in [0.5, 0.6) is 0 Å². The molecule has 1 aromatic heterocycles. The van der Waals surface area contributed by atoms with E-state index in [2.05, 4.69) is 15.6 Å². The first-order valence-corrected chi connectivity index (χ1v) is 9.62. The van der Waals surface area contributed by atoms with E-state index in [1.807, 2.05) is 0 Å². The van der Waals surface area contributed by atoms with Crippen LogP contribution in [0.3, 0.4) is 0 Å². The second-order valence-electron chi connectivity index (χ2n) is 6.27. The van der Waals surface area contributed by atoms with E-state index in [9.17, 15) is 13.2 Å². The van der Waals surface area contributed by atoms with Gasteiger partial charge in [0.1, 0.15) is 0 Å². The predicted octanol–water partition coefficient (Wildman–Crippen LogP) is -1.76. The number of carbonyl (C=O) groups is 1. The number of hydrogen-bond acceptors (Lipinski definition) is 6. The molecule has 2 saturated heterocycles. The molecule has 10 nitrogen and oxygen atoms in total. The molecule has 1 amide bonds. The van der Waals surface area contributed by atoms with Gasteiger partial charge in [0.2, 0.25) is 0 Å². The van der Waals surface area contributed by atoms with Gasteiger partial charge in [-0.15, -0.1) is 5.10 Å². The maximum atomic E-state index is 12.5. The second-order valence-corrected chi connectivity index (χ2v) is 7.82. The molecule has 0 spiro atoms. The average Bonchev–Trinajstić information content (AvgIpc) is 3.03. The summed E-state index contributed by atoms with van der Waals surface area (Å²) in [6, 6.07) is 0. The molecular formula is C13H23N7O3S. The van der Waals surface area contributed by atoms with Crippen molar-refractivity contribution in [1.29, 1.82) is 0 Å². The van der Waals surface area contributed by atoms with Crippen LogP contribution in [0.25, 0.3) is 0 Å². The van der Waals surface area contributed by atoms with Gasteiger partial charge >= 0.3 is 0 Å². The Morgan fingerprint density at radius 2 is 2.08 bits per heavy atom. The molecule has 1 aromatic rings.